The zero-order chi connectivity index (χ0) is 24.0. The van der Waals surface area contributed by atoms with E-state index in [2.05, 4.69) is 11.7 Å². The van der Waals surface area contributed by atoms with Gasteiger partial charge in [0.15, 0.2) is 11.5 Å². The molecule has 5 rings (SSSR count). The molecular weight excluding hydrogens is 442 g/mol. The zero-order valence-corrected chi connectivity index (χ0v) is 19.1. The summed E-state index contributed by atoms with van der Waals surface area (Å²) in [5, 5.41) is 13.4. The summed E-state index contributed by atoms with van der Waals surface area (Å²) in [5.41, 5.74) is 3.92. The minimum Gasteiger partial charge on any atom is -0.493 e. The number of carbonyl (C=O) groups is 1. The van der Waals surface area contributed by atoms with E-state index in [4.69, 9.17) is 33.6 Å². The number of hydrogen-bond donors (Lipinski definition) is 1. The maximum Gasteiger partial charge on any atom is 0.344 e. The van der Waals surface area contributed by atoms with Crippen LogP contribution in [0.4, 0.5) is 0 Å². The molecule has 2 aromatic carbocycles. The van der Waals surface area contributed by atoms with Crippen LogP contribution in [0.2, 0.25) is 0 Å². The first-order valence-corrected chi connectivity index (χ1v) is 10.9. The minimum atomic E-state index is -1.11. The lowest BCUT2D eigenvalue weighted by Gasteiger charge is -2.39. The quantitative estimate of drug-likeness (QED) is 0.510. The van der Waals surface area contributed by atoms with Crippen LogP contribution in [-0.2, 0) is 16.1 Å². The summed E-state index contributed by atoms with van der Waals surface area (Å²) < 4.78 is 29.5. The molecule has 0 fully saturated rings. The number of benzene rings is 2. The number of methoxy groups -OCH3 is 2. The van der Waals surface area contributed by atoms with E-state index < -0.39 is 18.7 Å². The molecule has 0 aliphatic carbocycles. The van der Waals surface area contributed by atoms with Crippen LogP contribution in [0, 0.1) is 0 Å². The van der Waals surface area contributed by atoms with Gasteiger partial charge in [0.25, 0.3) is 0 Å². The van der Waals surface area contributed by atoms with Gasteiger partial charge in [0.05, 0.1) is 20.1 Å². The van der Waals surface area contributed by atoms with E-state index in [-0.39, 0.29) is 18.6 Å². The number of carboxylic acid groups (broad SMARTS) is 1. The van der Waals surface area contributed by atoms with Gasteiger partial charge in [-0.2, -0.15) is 0 Å². The Morgan fingerprint density at radius 3 is 2.65 bits per heavy atom. The Bertz CT molecular complexity index is 1200. The third-order valence-electron chi connectivity index (χ3n) is 6.24. The molecule has 34 heavy (non-hydrogen) atoms. The molecule has 9 heteroatoms. The molecule has 0 bridgehead atoms. The number of oxime groups is 1. The number of ether oxygens (including phenoxy) is 5. The maximum absolute atomic E-state index is 11.1. The molecule has 3 aliphatic heterocycles. The van der Waals surface area contributed by atoms with Crippen molar-refractivity contribution in [2.75, 3.05) is 27.4 Å². The topological polar surface area (TPSA) is 105 Å². The molecular formula is C25H25NO8. The normalized spacial score (nSPS) is 22.7. The Balaban J connectivity index is 1.64. The van der Waals surface area contributed by atoms with E-state index in [1.807, 2.05) is 25.1 Å². The van der Waals surface area contributed by atoms with Crippen molar-refractivity contribution in [3.63, 3.8) is 0 Å². The van der Waals surface area contributed by atoms with Crippen LogP contribution in [0.1, 0.15) is 29.5 Å². The lowest BCUT2D eigenvalue weighted by Crippen LogP contribution is -2.43. The Morgan fingerprint density at radius 2 is 1.94 bits per heavy atom. The second kappa shape index (κ2) is 8.48. The highest BCUT2D eigenvalue weighted by atomic mass is 16.6. The van der Waals surface area contributed by atoms with Crippen LogP contribution >= 0.6 is 0 Å². The highest BCUT2D eigenvalue weighted by molar-refractivity contribution is 6.09. The second-order valence-corrected chi connectivity index (χ2v) is 8.41. The van der Waals surface area contributed by atoms with Crippen molar-refractivity contribution in [1.82, 2.24) is 0 Å². The third kappa shape index (κ3) is 3.57. The average molecular weight is 467 g/mol. The Morgan fingerprint density at radius 1 is 1.18 bits per heavy atom. The molecule has 0 saturated carbocycles. The van der Waals surface area contributed by atoms with E-state index in [0.29, 0.717) is 35.1 Å². The molecule has 0 unspecified atom stereocenters. The van der Waals surface area contributed by atoms with Crippen molar-refractivity contribution in [1.29, 1.82) is 0 Å². The third-order valence-corrected chi connectivity index (χ3v) is 6.24. The Kier molecular flexibility index (Phi) is 5.47. The van der Waals surface area contributed by atoms with Crippen molar-refractivity contribution in [2.45, 2.75) is 31.5 Å². The lowest BCUT2D eigenvalue weighted by atomic mass is 9.80. The van der Waals surface area contributed by atoms with Gasteiger partial charge in [-0.3, -0.25) is 0 Å². The molecule has 2 aromatic rings. The van der Waals surface area contributed by atoms with Gasteiger partial charge in [-0.1, -0.05) is 11.7 Å². The molecule has 9 nitrogen and oxygen atoms in total. The van der Waals surface area contributed by atoms with E-state index >= 15 is 0 Å². The molecule has 3 atom stereocenters. The maximum atomic E-state index is 11.1. The first-order chi connectivity index (χ1) is 16.4. The summed E-state index contributed by atoms with van der Waals surface area (Å²) in [5.74, 6) is 1.59. The summed E-state index contributed by atoms with van der Waals surface area (Å²) in [4.78, 5) is 16.3. The predicted octanol–water partition coefficient (Wildman–Crippen LogP) is 3.33. The molecule has 178 valence electrons. The Hall–Kier alpha value is -3.88. The van der Waals surface area contributed by atoms with E-state index in [1.165, 1.54) is 0 Å². The predicted molar refractivity (Wildman–Crippen MR) is 122 cm³/mol. The van der Waals surface area contributed by atoms with Gasteiger partial charge in [-0.25, -0.2) is 4.79 Å². The summed E-state index contributed by atoms with van der Waals surface area (Å²) in [7, 11) is 3.12. The van der Waals surface area contributed by atoms with Crippen molar-refractivity contribution in [3.05, 3.63) is 53.1 Å². The van der Waals surface area contributed by atoms with Gasteiger partial charge in [0.1, 0.15) is 41.8 Å². The molecule has 0 saturated heterocycles. The molecule has 0 spiro atoms. The van der Waals surface area contributed by atoms with E-state index in [0.717, 1.165) is 28.0 Å². The van der Waals surface area contributed by atoms with Crippen LogP contribution in [0.3, 0.4) is 0 Å². The molecule has 3 aliphatic rings. The molecule has 3 heterocycles. The van der Waals surface area contributed by atoms with Crippen molar-refractivity contribution < 1.29 is 38.4 Å². The van der Waals surface area contributed by atoms with Gasteiger partial charge in [-0.05, 0) is 30.7 Å². The van der Waals surface area contributed by atoms with Crippen LogP contribution < -0.4 is 23.7 Å². The first kappa shape index (κ1) is 21.9. The highest BCUT2D eigenvalue weighted by Gasteiger charge is 2.45. The van der Waals surface area contributed by atoms with Crippen molar-refractivity contribution >= 4 is 11.7 Å². The molecule has 0 aromatic heterocycles. The largest absolute Gasteiger partial charge is 0.493 e. The molecule has 1 N–H and O–H groups in total. The van der Waals surface area contributed by atoms with Gasteiger partial charge in [0.2, 0.25) is 6.61 Å². The van der Waals surface area contributed by atoms with Crippen LogP contribution in [0.5, 0.6) is 28.7 Å². The fourth-order valence-corrected chi connectivity index (χ4v) is 4.62. The summed E-state index contributed by atoms with van der Waals surface area (Å²) in [6.07, 6.45) is 0.0731. The van der Waals surface area contributed by atoms with Gasteiger partial charge in [-0.15, -0.1) is 0 Å². The number of fused-ring (bicyclic) bond motifs is 6. The smallest absolute Gasteiger partial charge is 0.344 e. The summed E-state index contributed by atoms with van der Waals surface area (Å²) in [6.45, 7) is 5.65. The highest BCUT2D eigenvalue weighted by Crippen LogP contribution is 2.50. The Labute approximate surface area is 196 Å². The summed E-state index contributed by atoms with van der Waals surface area (Å²) >= 11 is 0. The van der Waals surface area contributed by atoms with Crippen molar-refractivity contribution in [3.8, 4) is 28.7 Å². The lowest BCUT2D eigenvalue weighted by molar-refractivity contribution is -0.142. The van der Waals surface area contributed by atoms with Crippen LogP contribution in [0.15, 0.2) is 41.6 Å². The van der Waals surface area contributed by atoms with Crippen LogP contribution in [0.25, 0.3) is 0 Å². The van der Waals surface area contributed by atoms with Gasteiger partial charge >= 0.3 is 5.97 Å². The number of nitrogens with zero attached hydrogens (tertiary/aromatic N) is 1. The fourth-order valence-electron chi connectivity index (χ4n) is 4.62. The van der Waals surface area contributed by atoms with Crippen molar-refractivity contribution in [2.24, 2.45) is 5.16 Å². The second-order valence-electron chi connectivity index (χ2n) is 8.41. The monoisotopic (exact) mass is 467 g/mol. The molecule has 0 amide bonds. The summed E-state index contributed by atoms with van der Waals surface area (Å²) in [6, 6.07) is 7.34. The van der Waals surface area contributed by atoms with Gasteiger partial charge < -0.3 is 33.6 Å². The average Bonchev–Trinajstić information content (AvgIpc) is 3.27. The van der Waals surface area contributed by atoms with Gasteiger partial charge in [0, 0.05) is 29.2 Å². The zero-order valence-electron chi connectivity index (χ0n) is 19.1. The van der Waals surface area contributed by atoms with Crippen LogP contribution in [-0.4, -0.2) is 56.4 Å². The van der Waals surface area contributed by atoms with E-state index in [1.54, 1.807) is 20.3 Å². The number of rotatable bonds is 6. The standard InChI is InChI=1S/C25H25NO8/c1-12(2)17-8-15-16(33-17)6-5-13-24(26-32-11-22(27)28)23-14-7-19(29-3)20(30-4)9-18(14)31-10-21(23)34-25(13)15/h5-7,9,17,21,23H,1,8,10-11H2,2-4H3,(H,27,28)/b26-24+/t17-,21-,23+/m1/s1. The number of aliphatic carboxylic acids is 1. The minimum absolute atomic E-state index is 0.133. The molecule has 0 radical (unpaired) electrons. The first-order valence-electron chi connectivity index (χ1n) is 10.9. The number of carboxylic acids is 1. The number of hydrogen-bond acceptors (Lipinski definition) is 8. The van der Waals surface area contributed by atoms with E-state index in [9.17, 15) is 4.79 Å². The SMILES string of the molecule is C=C(C)[C@H]1Cc2c(ccc3c2O[C@@H]2COc4cc(OC)c(OC)cc4[C@@H]2/C3=N/OCC(=O)O)O1. The fraction of sp³-hybridized carbons (Fsp3) is 0.360.